The van der Waals surface area contributed by atoms with Crippen LogP contribution in [0.3, 0.4) is 0 Å². The summed E-state index contributed by atoms with van der Waals surface area (Å²) in [5, 5.41) is 8.54. The molecule has 0 radical (unpaired) electrons. The molecule has 0 saturated heterocycles. The van der Waals surface area contributed by atoms with Crippen molar-refractivity contribution in [3.63, 3.8) is 0 Å². The summed E-state index contributed by atoms with van der Waals surface area (Å²) in [4.78, 5) is 12.2. The third kappa shape index (κ3) is 6.37. The number of carbonyl (C=O) groups is 1. The predicted molar refractivity (Wildman–Crippen MR) is 52.4 cm³/mol. The van der Waals surface area contributed by atoms with Gasteiger partial charge in [-0.15, -0.1) is 0 Å². The molecule has 0 aliphatic heterocycles. The maximum Gasteiger partial charge on any atom is 0.317 e. The van der Waals surface area contributed by atoms with E-state index >= 15 is 0 Å². The van der Waals surface area contributed by atoms with Gasteiger partial charge in [-0.3, -0.25) is 9.69 Å². The van der Waals surface area contributed by atoms with Gasteiger partial charge < -0.3 is 5.11 Å². The third-order valence-corrected chi connectivity index (χ3v) is 1.54. The number of rotatable bonds is 6. The molecule has 0 fully saturated rings. The summed E-state index contributed by atoms with van der Waals surface area (Å²) in [5.41, 5.74) is 0. The second-order valence-corrected chi connectivity index (χ2v) is 3.74. The molecule has 70 valence electrons. The van der Waals surface area contributed by atoms with Gasteiger partial charge in [-0.25, -0.2) is 0 Å². The van der Waals surface area contributed by atoms with Crippen LogP contribution in [-0.2, 0) is 4.79 Å². The highest BCUT2D eigenvalue weighted by atomic mass is 79.9. The van der Waals surface area contributed by atoms with E-state index in [0.717, 1.165) is 17.4 Å². The summed E-state index contributed by atoms with van der Waals surface area (Å²) in [6.07, 6.45) is 0.952. The smallest absolute Gasteiger partial charge is 0.317 e. The molecule has 0 aliphatic rings. The number of hydrogen-bond donors (Lipinski definition) is 1. The van der Waals surface area contributed by atoms with E-state index in [9.17, 15) is 4.79 Å². The number of aliphatic carboxylic acids is 1. The van der Waals surface area contributed by atoms with Crippen molar-refractivity contribution in [2.75, 3.05) is 19.6 Å². The maximum absolute atomic E-state index is 10.4. The van der Waals surface area contributed by atoms with Gasteiger partial charge >= 0.3 is 5.97 Å². The molecular weight excluding hydrogens is 222 g/mol. The van der Waals surface area contributed by atoms with Gasteiger partial charge in [0.15, 0.2) is 0 Å². The molecule has 3 nitrogen and oxygen atoms in total. The Hall–Kier alpha value is -0.350. The molecule has 1 N–H and O–H groups in total. The lowest BCUT2D eigenvalue weighted by Crippen LogP contribution is -2.31. The Bertz CT molecular complexity index is 154. The normalized spacial score (nSPS) is 10.2. The van der Waals surface area contributed by atoms with E-state index in [4.69, 9.17) is 5.11 Å². The van der Waals surface area contributed by atoms with Crippen molar-refractivity contribution < 1.29 is 9.90 Å². The van der Waals surface area contributed by atoms with Gasteiger partial charge in [0.05, 0.1) is 6.54 Å². The molecule has 0 heterocycles. The highest BCUT2D eigenvalue weighted by Crippen LogP contribution is 2.04. The number of carboxylic acid groups (broad SMARTS) is 1. The highest BCUT2D eigenvalue weighted by molar-refractivity contribution is 9.11. The van der Waals surface area contributed by atoms with E-state index in [2.05, 4.69) is 22.5 Å². The molecule has 12 heavy (non-hydrogen) atoms. The lowest BCUT2D eigenvalue weighted by atomic mass is 10.4. The van der Waals surface area contributed by atoms with Crippen LogP contribution in [0, 0.1) is 0 Å². The zero-order chi connectivity index (χ0) is 9.56. The fourth-order valence-electron chi connectivity index (χ4n) is 0.964. The molecule has 0 aromatic carbocycles. The van der Waals surface area contributed by atoms with Crippen molar-refractivity contribution in [2.45, 2.75) is 13.3 Å². The Morgan fingerprint density at radius 2 is 2.17 bits per heavy atom. The van der Waals surface area contributed by atoms with Crippen LogP contribution < -0.4 is 0 Å². The summed E-state index contributed by atoms with van der Waals surface area (Å²) in [6.45, 7) is 7.15. The monoisotopic (exact) mass is 235 g/mol. The van der Waals surface area contributed by atoms with Gasteiger partial charge in [-0.05, 0) is 13.0 Å². The molecular formula is C8H14BrNO2. The summed E-state index contributed by atoms with van der Waals surface area (Å²) < 4.78 is 0.817. The number of carboxylic acids is 1. The van der Waals surface area contributed by atoms with Gasteiger partial charge in [0.25, 0.3) is 0 Å². The fourth-order valence-corrected chi connectivity index (χ4v) is 1.32. The second kappa shape index (κ2) is 6.20. The van der Waals surface area contributed by atoms with Crippen LogP contribution >= 0.6 is 15.9 Å². The van der Waals surface area contributed by atoms with Crippen molar-refractivity contribution in [2.24, 2.45) is 0 Å². The van der Waals surface area contributed by atoms with Gasteiger partial charge in [-0.2, -0.15) is 0 Å². The lowest BCUT2D eigenvalue weighted by molar-refractivity contribution is -0.138. The van der Waals surface area contributed by atoms with Gasteiger partial charge in [0.2, 0.25) is 0 Å². The van der Waals surface area contributed by atoms with E-state index in [0.29, 0.717) is 6.54 Å². The largest absolute Gasteiger partial charge is 0.480 e. The Labute approximate surface area is 81.2 Å². The Morgan fingerprint density at radius 3 is 2.50 bits per heavy atom. The van der Waals surface area contributed by atoms with Crippen molar-refractivity contribution in [3.8, 4) is 0 Å². The van der Waals surface area contributed by atoms with E-state index in [1.54, 1.807) is 0 Å². The van der Waals surface area contributed by atoms with E-state index in [-0.39, 0.29) is 6.54 Å². The number of nitrogens with zero attached hydrogens (tertiary/aromatic N) is 1. The SMILES string of the molecule is C=C(Br)CN(CCC)CC(=O)O. The molecule has 0 rings (SSSR count). The quantitative estimate of drug-likeness (QED) is 0.762. The topological polar surface area (TPSA) is 40.5 Å². The summed E-state index contributed by atoms with van der Waals surface area (Å²) in [6, 6.07) is 0. The van der Waals surface area contributed by atoms with E-state index in [1.807, 2.05) is 11.8 Å². The van der Waals surface area contributed by atoms with E-state index in [1.165, 1.54) is 0 Å². The highest BCUT2D eigenvalue weighted by Gasteiger charge is 2.08. The summed E-state index contributed by atoms with van der Waals surface area (Å²) >= 11 is 3.21. The van der Waals surface area contributed by atoms with Crippen molar-refractivity contribution in [1.82, 2.24) is 4.90 Å². The molecule has 0 aromatic rings. The van der Waals surface area contributed by atoms with Crippen LogP contribution in [0.15, 0.2) is 11.1 Å². The molecule has 0 amide bonds. The first-order valence-corrected chi connectivity index (χ1v) is 4.63. The molecule has 0 spiro atoms. The van der Waals surface area contributed by atoms with Crippen LogP contribution in [0.1, 0.15) is 13.3 Å². The van der Waals surface area contributed by atoms with E-state index < -0.39 is 5.97 Å². The fraction of sp³-hybridized carbons (Fsp3) is 0.625. The molecule has 0 unspecified atom stereocenters. The standard InChI is InChI=1S/C8H14BrNO2/c1-3-4-10(5-7(2)9)6-8(11)12/h2-6H2,1H3,(H,11,12). The second-order valence-electron chi connectivity index (χ2n) is 2.62. The Balaban J connectivity index is 3.85. The summed E-state index contributed by atoms with van der Waals surface area (Å²) in [5.74, 6) is -0.794. The van der Waals surface area contributed by atoms with Gasteiger partial charge in [0.1, 0.15) is 0 Å². The first-order chi connectivity index (χ1) is 5.56. The Morgan fingerprint density at radius 1 is 1.58 bits per heavy atom. The van der Waals surface area contributed by atoms with Crippen LogP contribution in [0.5, 0.6) is 0 Å². The zero-order valence-electron chi connectivity index (χ0n) is 7.22. The Kier molecular flexibility index (Phi) is 6.02. The van der Waals surface area contributed by atoms with Gasteiger partial charge in [-0.1, -0.05) is 29.4 Å². The molecule has 0 aliphatic carbocycles. The lowest BCUT2D eigenvalue weighted by Gasteiger charge is -2.18. The van der Waals surface area contributed by atoms with Crippen LogP contribution in [0.4, 0.5) is 0 Å². The maximum atomic E-state index is 10.4. The molecule has 4 heteroatoms. The molecule has 0 saturated carbocycles. The third-order valence-electron chi connectivity index (χ3n) is 1.29. The molecule has 0 atom stereocenters. The van der Waals surface area contributed by atoms with Crippen molar-refractivity contribution in [1.29, 1.82) is 0 Å². The van der Waals surface area contributed by atoms with Crippen LogP contribution in [-0.4, -0.2) is 35.6 Å². The van der Waals surface area contributed by atoms with Gasteiger partial charge in [0, 0.05) is 11.0 Å². The predicted octanol–water partition coefficient (Wildman–Crippen LogP) is 1.69. The minimum absolute atomic E-state index is 0.0818. The first-order valence-electron chi connectivity index (χ1n) is 3.83. The van der Waals surface area contributed by atoms with Crippen LogP contribution in [0.2, 0.25) is 0 Å². The number of halogens is 1. The number of hydrogen-bond acceptors (Lipinski definition) is 2. The zero-order valence-corrected chi connectivity index (χ0v) is 8.80. The first kappa shape index (κ1) is 11.6. The summed E-state index contributed by atoms with van der Waals surface area (Å²) in [7, 11) is 0. The van der Waals surface area contributed by atoms with Crippen molar-refractivity contribution in [3.05, 3.63) is 11.1 Å². The average molecular weight is 236 g/mol. The minimum Gasteiger partial charge on any atom is -0.480 e. The van der Waals surface area contributed by atoms with Crippen LogP contribution in [0.25, 0.3) is 0 Å². The van der Waals surface area contributed by atoms with Crippen molar-refractivity contribution >= 4 is 21.9 Å². The minimum atomic E-state index is -0.794. The average Bonchev–Trinajstić information content (AvgIpc) is 1.84. The molecule has 0 bridgehead atoms. The molecule has 0 aromatic heterocycles.